The first-order chi connectivity index (χ1) is 8.36. The number of rotatable bonds is 1. The van der Waals surface area contributed by atoms with E-state index < -0.39 is 0 Å². The molecule has 0 atom stereocenters. The predicted octanol–water partition coefficient (Wildman–Crippen LogP) is 3.48. The van der Waals surface area contributed by atoms with Crippen molar-refractivity contribution in [2.24, 2.45) is 0 Å². The van der Waals surface area contributed by atoms with Crippen LogP contribution in [0.4, 0.5) is 0 Å². The van der Waals surface area contributed by atoms with Gasteiger partial charge >= 0.3 is 0 Å². The van der Waals surface area contributed by atoms with Gasteiger partial charge in [0, 0.05) is 29.0 Å². The summed E-state index contributed by atoms with van der Waals surface area (Å²) in [5.41, 5.74) is 2.80. The number of nitrogens with zero attached hydrogens (tertiary/aromatic N) is 2. The minimum Gasteiger partial charge on any atom is -0.260 e. The minimum absolute atomic E-state index is 0.806. The zero-order chi connectivity index (χ0) is 11.7. The van der Waals surface area contributed by atoms with Crippen LogP contribution in [0.5, 0.6) is 0 Å². The number of fused-ring (bicyclic) bond motifs is 1. The van der Waals surface area contributed by atoms with E-state index >= 15 is 0 Å². The zero-order valence-corrected chi connectivity index (χ0v) is 9.30. The number of benzene rings is 1. The van der Waals surface area contributed by atoms with Crippen molar-refractivity contribution in [1.29, 1.82) is 0 Å². The fourth-order valence-corrected chi connectivity index (χ4v) is 1.98. The van der Waals surface area contributed by atoms with E-state index in [0.29, 0.717) is 0 Å². The van der Waals surface area contributed by atoms with E-state index in [9.17, 15) is 0 Å². The Kier molecular flexibility index (Phi) is 2.33. The smallest absolute Gasteiger partial charge is 0.0723 e. The molecule has 2 nitrogen and oxygen atoms in total. The van der Waals surface area contributed by atoms with Gasteiger partial charge in [0.1, 0.15) is 0 Å². The highest BCUT2D eigenvalue weighted by Gasteiger charge is 2.06. The largest absolute Gasteiger partial charge is 0.260 e. The van der Waals surface area contributed by atoms with Crippen LogP contribution in [-0.2, 0) is 0 Å². The number of hydrogen-bond donors (Lipinski definition) is 0. The molecule has 3 aromatic rings. The number of hydrogen-bond acceptors (Lipinski definition) is 2. The van der Waals surface area contributed by atoms with Gasteiger partial charge in [0.2, 0.25) is 0 Å². The highest BCUT2D eigenvalue weighted by atomic mass is 14.7. The van der Waals surface area contributed by atoms with E-state index in [1.807, 2.05) is 42.6 Å². The van der Waals surface area contributed by atoms with Gasteiger partial charge in [-0.05, 0) is 24.4 Å². The van der Waals surface area contributed by atoms with Crippen LogP contribution in [0, 0.1) is 6.92 Å². The molecular weight excluding hydrogens is 208 g/mol. The van der Waals surface area contributed by atoms with Crippen LogP contribution in [0.25, 0.3) is 22.0 Å². The van der Waals surface area contributed by atoms with E-state index in [2.05, 4.69) is 23.0 Å². The Bertz CT molecular complexity index is 660. The van der Waals surface area contributed by atoms with Crippen LogP contribution in [0.15, 0.2) is 54.9 Å². The molecule has 0 aliphatic carbocycles. The van der Waals surface area contributed by atoms with Gasteiger partial charge in [0.15, 0.2) is 0 Å². The van der Waals surface area contributed by atoms with E-state index in [4.69, 9.17) is 0 Å². The molecule has 0 unspecified atom stereocenters. The number of aromatic nitrogens is 2. The third kappa shape index (κ3) is 1.68. The second-order valence-electron chi connectivity index (χ2n) is 3.88. The zero-order valence-electron chi connectivity index (χ0n) is 9.30. The Hall–Kier alpha value is -2.22. The van der Waals surface area contributed by atoms with Gasteiger partial charge in [-0.1, -0.05) is 30.3 Å². The second kappa shape index (κ2) is 3.98. The van der Waals surface area contributed by atoms with E-state index in [-0.39, 0.29) is 0 Å². The van der Waals surface area contributed by atoms with Crippen molar-refractivity contribution in [3.8, 4) is 11.3 Å². The molecule has 0 aliphatic heterocycles. The van der Waals surface area contributed by atoms with Gasteiger partial charge in [-0.2, -0.15) is 0 Å². The van der Waals surface area contributed by atoms with Crippen LogP contribution in [0.2, 0.25) is 0 Å². The second-order valence-corrected chi connectivity index (χ2v) is 3.88. The van der Waals surface area contributed by atoms with Crippen molar-refractivity contribution in [3.05, 3.63) is 67.5 Å². The SMILES string of the molecule is [CH2]c1ncc(-c2ccccn2)c2ccccc12. The summed E-state index contributed by atoms with van der Waals surface area (Å²) < 4.78 is 0. The lowest BCUT2D eigenvalue weighted by atomic mass is 10.0. The maximum atomic E-state index is 4.37. The van der Waals surface area contributed by atoms with Crippen molar-refractivity contribution in [1.82, 2.24) is 9.97 Å². The third-order valence-electron chi connectivity index (χ3n) is 2.82. The van der Waals surface area contributed by atoms with Gasteiger partial charge in [0.05, 0.1) is 5.69 Å². The lowest BCUT2D eigenvalue weighted by Gasteiger charge is -2.07. The maximum absolute atomic E-state index is 4.37. The first kappa shape index (κ1) is 9.97. The topological polar surface area (TPSA) is 25.8 Å². The molecule has 0 spiro atoms. The van der Waals surface area contributed by atoms with E-state index in [0.717, 1.165) is 27.7 Å². The highest BCUT2D eigenvalue weighted by Crippen LogP contribution is 2.27. The molecule has 81 valence electrons. The van der Waals surface area contributed by atoms with E-state index in [1.54, 1.807) is 6.20 Å². The predicted molar refractivity (Wildman–Crippen MR) is 69.4 cm³/mol. The summed E-state index contributed by atoms with van der Waals surface area (Å²) in [6, 6.07) is 14.0. The summed E-state index contributed by atoms with van der Waals surface area (Å²) in [6.07, 6.45) is 3.63. The molecule has 2 aromatic heterocycles. The van der Waals surface area contributed by atoms with Crippen molar-refractivity contribution >= 4 is 10.8 Å². The maximum Gasteiger partial charge on any atom is 0.0723 e. The molecule has 1 radical (unpaired) electrons. The highest BCUT2D eigenvalue weighted by molar-refractivity contribution is 5.96. The van der Waals surface area contributed by atoms with Crippen molar-refractivity contribution in [3.63, 3.8) is 0 Å². The Morgan fingerprint density at radius 1 is 0.824 bits per heavy atom. The Labute approximate surface area is 100.0 Å². The third-order valence-corrected chi connectivity index (χ3v) is 2.82. The van der Waals surface area contributed by atoms with Gasteiger partial charge in [-0.3, -0.25) is 9.97 Å². The summed E-state index contributed by atoms with van der Waals surface area (Å²) in [5, 5.41) is 2.22. The van der Waals surface area contributed by atoms with E-state index in [1.165, 1.54) is 0 Å². The Balaban J connectivity index is 2.35. The van der Waals surface area contributed by atoms with Gasteiger partial charge in [-0.25, -0.2) is 0 Å². The van der Waals surface area contributed by atoms with Gasteiger partial charge < -0.3 is 0 Å². The standard InChI is InChI=1S/C15H11N2/c1-11-12-6-2-3-7-13(12)14(10-17-11)15-8-4-5-9-16-15/h2-10H,1H2. The van der Waals surface area contributed by atoms with Crippen molar-refractivity contribution < 1.29 is 0 Å². The van der Waals surface area contributed by atoms with Crippen molar-refractivity contribution in [2.75, 3.05) is 0 Å². The molecule has 2 heterocycles. The van der Waals surface area contributed by atoms with Crippen LogP contribution < -0.4 is 0 Å². The molecule has 3 rings (SSSR count). The van der Waals surface area contributed by atoms with Gasteiger partial charge in [0.25, 0.3) is 0 Å². The Morgan fingerprint density at radius 2 is 1.59 bits per heavy atom. The summed E-state index contributed by atoms with van der Waals surface area (Å²) in [4.78, 5) is 8.70. The van der Waals surface area contributed by atoms with Crippen LogP contribution in [-0.4, -0.2) is 9.97 Å². The summed E-state index contributed by atoms with van der Waals surface area (Å²) in [5.74, 6) is 0. The monoisotopic (exact) mass is 219 g/mol. The molecule has 2 heteroatoms. The van der Waals surface area contributed by atoms with Crippen LogP contribution >= 0.6 is 0 Å². The lowest BCUT2D eigenvalue weighted by molar-refractivity contribution is 1.27. The summed E-state index contributed by atoms with van der Waals surface area (Å²) in [6.45, 7) is 3.95. The molecule has 0 aliphatic rings. The molecular formula is C15H11N2. The molecule has 0 fully saturated rings. The normalized spacial score (nSPS) is 10.6. The summed E-state index contributed by atoms with van der Waals surface area (Å²) in [7, 11) is 0. The molecule has 0 saturated heterocycles. The quantitative estimate of drug-likeness (QED) is 0.626. The average Bonchev–Trinajstić information content (AvgIpc) is 2.41. The first-order valence-corrected chi connectivity index (χ1v) is 5.47. The number of pyridine rings is 2. The van der Waals surface area contributed by atoms with Gasteiger partial charge in [-0.15, -0.1) is 0 Å². The minimum atomic E-state index is 0.806. The molecule has 17 heavy (non-hydrogen) atoms. The summed E-state index contributed by atoms with van der Waals surface area (Å²) >= 11 is 0. The Morgan fingerprint density at radius 3 is 2.35 bits per heavy atom. The lowest BCUT2D eigenvalue weighted by Crippen LogP contribution is -1.89. The van der Waals surface area contributed by atoms with Crippen LogP contribution in [0.1, 0.15) is 5.69 Å². The van der Waals surface area contributed by atoms with Crippen LogP contribution in [0.3, 0.4) is 0 Å². The average molecular weight is 219 g/mol. The molecule has 1 aromatic carbocycles. The molecule has 0 amide bonds. The van der Waals surface area contributed by atoms with Crippen molar-refractivity contribution in [2.45, 2.75) is 0 Å². The first-order valence-electron chi connectivity index (χ1n) is 5.47. The fourth-order valence-electron chi connectivity index (χ4n) is 1.98. The molecule has 0 saturated carbocycles. The molecule has 0 N–H and O–H groups in total. The fraction of sp³-hybridized carbons (Fsp3) is 0. The molecule has 0 bridgehead atoms.